The Morgan fingerprint density at radius 3 is 2.43 bits per heavy atom. The first kappa shape index (κ1) is 23.1. The second-order valence-electron chi connectivity index (χ2n) is 6.84. The highest BCUT2D eigenvalue weighted by molar-refractivity contribution is 5.97. The minimum Gasteiger partial charge on any atom is -0.494 e. The van der Waals surface area contributed by atoms with E-state index >= 15 is 0 Å². The largest absolute Gasteiger partial charge is 0.494 e. The van der Waals surface area contributed by atoms with Crippen LogP contribution in [-0.4, -0.2) is 42.8 Å². The Kier molecular flexibility index (Phi) is 9.00. The molecule has 0 aliphatic carbocycles. The van der Waals surface area contributed by atoms with Crippen LogP contribution in [0.5, 0.6) is 5.75 Å². The van der Waals surface area contributed by atoms with Crippen molar-refractivity contribution in [2.45, 2.75) is 32.7 Å². The van der Waals surface area contributed by atoms with Crippen LogP contribution in [0.3, 0.4) is 0 Å². The van der Waals surface area contributed by atoms with Gasteiger partial charge >= 0.3 is 5.97 Å². The van der Waals surface area contributed by atoms with Crippen molar-refractivity contribution in [2.24, 2.45) is 0 Å². The predicted octanol–water partition coefficient (Wildman–Crippen LogP) is 3.78. The number of ether oxygens (including phenoxy) is 2. The lowest BCUT2D eigenvalue weighted by atomic mass is 10.1. The third-order valence-corrected chi connectivity index (χ3v) is 4.30. The van der Waals surface area contributed by atoms with E-state index in [-0.39, 0.29) is 31.0 Å². The standard InChI is InChI=1S/C23H26FNO5/c1-3-13-29-20-9-7-18(8-10-20)21(26)11-12-23(28)30-16-22(27)25(2)15-17-5-4-6-19(24)14-17/h4-10,14H,3,11-13,15-16H2,1-2H3. The molecule has 6 nitrogen and oxygen atoms in total. The third-order valence-electron chi connectivity index (χ3n) is 4.30. The molecule has 2 rings (SSSR count). The predicted molar refractivity (Wildman–Crippen MR) is 110 cm³/mol. The molecule has 0 aromatic heterocycles. The summed E-state index contributed by atoms with van der Waals surface area (Å²) in [6.45, 7) is 2.38. The van der Waals surface area contributed by atoms with Crippen LogP contribution < -0.4 is 4.74 Å². The fourth-order valence-corrected chi connectivity index (χ4v) is 2.64. The molecule has 0 fully saturated rings. The highest BCUT2D eigenvalue weighted by Gasteiger charge is 2.15. The molecule has 0 saturated heterocycles. The molecular weight excluding hydrogens is 389 g/mol. The summed E-state index contributed by atoms with van der Waals surface area (Å²) in [6.07, 6.45) is 0.765. The summed E-state index contributed by atoms with van der Waals surface area (Å²) >= 11 is 0. The number of amides is 1. The van der Waals surface area contributed by atoms with Crippen molar-refractivity contribution in [2.75, 3.05) is 20.3 Å². The van der Waals surface area contributed by atoms with Crippen molar-refractivity contribution in [1.29, 1.82) is 0 Å². The zero-order valence-corrected chi connectivity index (χ0v) is 17.2. The molecule has 2 aromatic rings. The molecule has 160 valence electrons. The van der Waals surface area contributed by atoms with E-state index in [0.717, 1.165) is 6.42 Å². The summed E-state index contributed by atoms with van der Waals surface area (Å²) in [7, 11) is 1.54. The fourth-order valence-electron chi connectivity index (χ4n) is 2.64. The zero-order chi connectivity index (χ0) is 21.9. The molecule has 0 atom stereocenters. The molecule has 7 heteroatoms. The monoisotopic (exact) mass is 415 g/mol. The Bertz CT molecular complexity index is 866. The van der Waals surface area contributed by atoms with Gasteiger partial charge in [0.05, 0.1) is 13.0 Å². The number of carbonyl (C=O) groups is 3. The Balaban J connectivity index is 1.72. The summed E-state index contributed by atoms with van der Waals surface area (Å²) in [5.74, 6) is -0.926. The fraction of sp³-hybridized carbons (Fsp3) is 0.348. The second-order valence-corrected chi connectivity index (χ2v) is 6.84. The summed E-state index contributed by atoms with van der Waals surface area (Å²) in [6, 6.07) is 12.7. The third kappa shape index (κ3) is 7.66. The molecule has 30 heavy (non-hydrogen) atoms. The van der Waals surface area contributed by atoms with Gasteiger partial charge in [-0.25, -0.2) is 4.39 Å². The summed E-state index contributed by atoms with van der Waals surface area (Å²) in [5.41, 5.74) is 1.12. The van der Waals surface area contributed by atoms with Crippen LogP contribution in [0.1, 0.15) is 42.1 Å². The maximum Gasteiger partial charge on any atom is 0.306 e. The first-order chi connectivity index (χ1) is 14.4. The number of likely N-dealkylation sites (N-methyl/N-ethyl adjacent to an activating group) is 1. The smallest absolute Gasteiger partial charge is 0.306 e. The van der Waals surface area contributed by atoms with Crippen LogP contribution in [0.15, 0.2) is 48.5 Å². The first-order valence-electron chi connectivity index (χ1n) is 9.79. The van der Waals surface area contributed by atoms with E-state index in [4.69, 9.17) is 9.47 Å². The molecule has 2 aromatic carbocycles. The van der Waals surface area contributed by atoms with Gasteiger partial charge in [-0.3, -0.25) is 14.4 Å². The van der Waals surface area contributed by atoms with Gasteiger partial charge in [0.15, 0.2) is 12.4 Å². The minimum absolute atomic E-state index is 0.0126. The van der Waals surface area contributed by atoms with E-state index < -0.39 is 18.5 Å². The van der Waals surface area contributed by atoms with E-state index in [0.29, 0.717) is 23.5 Å². The maximum absolute atomic E-state index is 13.2. The first-order valence-corrected chi connectivity index (χ1v) is 9.79. The number of nitrogens with zero attached hydrogens (tertiary/aromatic N) is 1. The summed E-state index contributed by atoms with van der Waals surface area (Å²) in [5, 5.41) is 0. The molecule has 0 heterocycles. The minimum atomic E-state index is -0.626. The van der Waals surface area contributed by atoms with Gasteiger partial charge in [-0.15, -0.1) is 0 Å². The van der Waals surface area contributed by atoms with E-state index in [9.17, 15) is 18.8 Å². The van der Waals surface area contributed by atoms with Crippen molar-refractivity contribution in [3.05, 3.63) is 65.5 Å². The normalized spacial score (nSPS) is 10.4. The van der Waals surface area contributed by atoms with E-state index in [1.165, 1.54) is 17.0 Å². The van der Waals surface area contributed by atoms with Crippen LogP contribution in [0.4, 0.5) is 4.39 Å². The Morgan fingerprint density at radius 1 is 1.03 bits per heavy atom. The average molecular weight is 415 g/mol. The summed E-state index contributed by atoms with van der Waals surface area (Å²) < 4.78 is 23.6. The van der Waals surface area contributed by atoms with Crippen LogP contribution >= 0.6 is 0 Å². The van der Waals surface area contributed by atoms with E-state index in [2.05, 4.69) is 0 Å². The van der Waals surface area contributed by atoms with Crippen molar-refractivity contribution < 1.29 is 28.2 Å². The van der Waals surface area contributed by atoms with Crippen molar-refractivity contribution in [3.63, 3.8) is 0 Å². The number of ketones is 1. The molecule has 0 radical (unpaired) electrons. The number of carbonyl (C=O) groups excluding carboxylic acids is 3. The molecule has 0 aliphatic heterocycles. The zero-order valence-electron chi connectivity index (χ0n) is 17.2. The lowest BCUT2D eigenvalue weighted by Gasteiger charge is -2.17. The van der Waals surface area contributed by atoms with Gasteiger partial charge in [0.1, 0.15) is 11.6 Å². The van der Waals surface area contributed by atoms with Crippen molar-refractivity contribution >= 4 is 17.7 Å². The SMILES string of the molecule is CCCOc1ccc(C(=O)CCC(=O)OCC(=O)N(C)Cc2cccc(F)c2)cc1. The molecular formula is C23H26FNO5. The summed E-state index contributed by atoms with van der Waals surface area (Å²) in [4.78, 5) is 37.5. The Hall–Kier alpha value is -3.22. The van der Waals surface area contributed by atoms with Gasteiger partial charge in [-0.05, 0) is 48.4 Å². The number of esters is 1. The molecule has 0 unspecified atom stereocenters. The van der Waals surface area contributed by atoms with E-state index in [1.807, 2.05) is 6.92 Å². The molecule has 0 bridgehead atoms. The van der Waals surface area contributed by atoms with Gasteiger partial charge in [0.25, 0.3) is 5.91 Å². The molecule has 0 saturated carbocycles. The highest BCUT2D eigenvalue weighted by Crippen LogP contribution is 2.14. The lowest BCUT2D eigenvalue weighted by Crippen LogP contribution is -2.30. The average Bonchev–Trinajstić information content (AvgIpc) is 2.74. The van der Waals surface area contributed by atoms with Crippen LogP contribution in [0.25, 0.3) is 0 Å². The Labute approximate surface area is 175 Å². The number of hydrogen-bond donors (Lipinski definition) is 0. The lowest BCUT2D eigenvalue weighted by molar-refractivity contribution is -0.151. The number of halogens is 1. The number of benzene rings is 2. The molecule has 0 aliphatic rings. The maximum atomic E-state index is 13.2. The van der Waals surface area contributed by atoms with Crippen LogP contribution in [-0.2, 0) is 20.9 Å². The van der Waals surface area contributed by atoms with Gasteiger partial charge in [0, 0.05) is 25.6 Å². The van der Waals surface area contributed by atoms with E-state index in [1.54, 1.807) is 43.4 Å². The Morgan fingerprint density at radius 2 is 1.77 bits per heavy atom. The van der Waals surface area contributed by atoms with Crippen LogP contribution in [0, 0.1) is 5.82 Å². The van der Waals surface area contributed by atoms with Gasteiger partial charge in [-0.1, -0.05) is 19.1 Å². The highest BCUT2D eigenvalue weighted by atomic mass is 19.1. The topological polar surface area (TPSA) is 72.9 Å². The van der Waals surface area contributed by atoms with Crippen molar-refractivity contribution in [1.82, 2.24) is 4.90 Å². The second kappa shape index (κ2) is 11.7. The number of Topliss-reactive ketones (excluding diaryl/α,β-unsaturated/α-hetero) is 1. The van der Waals surface area contributed by atoms with Gasteiger partial charge < -0.3 is 14.4 Å². The number of rotatable bonds is 11. The molecule has 1 amide bonds. The van der Waals surface area contributed by atoms with Gasteiger partial charge in [0.2, 0.25) is 0 Å². The number of hydrogen-bond acceptors (Lipinski definition) is 5. The van der Waals surface area contributed by atoms with Crippen molar-refractivity contribution in [3.8, 4) is 5.75 Å². The van der Waals surface area contributed by atoms with Crippen LogP contribution in [0.2, 0.25) is 0 Å². The quantitative estimate of drug-likeness (QED) is 0.413. The molecule has 0 spiro atoms. The van der Waals surface area contributed by atoms with Gasteiger partial charge in [-0.2, -0.15) is 0 Å². The molecule has 0 N–H and O–H groups in total.